The summed E-state index contributed by atoms with van der Waals surface area (Å²) in [5.74, 6) is -1.69. The Hall–Kier alpha value is -4.50. The molecule has 0 unspecified atom stereocenters. The maximum absolute atomic E-state index is 13.9. The van der Waals surface area contributed by atoms with Gasteiger partial charge in [-0.15, -0.1) is 0 Å². The number of aryl methyl sites for hydroxylation is 1. The Labute approximate surface area is 215 Å². The minimum Gasteiger partial charge on any atom is -0.465 e. The van der Waals surface area contributed by atoms with Crippen LogP contribution in [0.3, 0.4) is 0 Å². The second-order valence-electron chi connectivity index (χ2n) is 8.80. The minimum atomic E-state index is -0.633. The summed E-state index contributed by atoms with van der Waals surface area (Å²) in [6.07, 6.45) is 0. The summed E-state index contributed by atoms with van der Waals surface area (Å²) in [7, 11) is 1.36. The van der Waals surface area contributed by atoms with Crippen molar-refractivity contribution in [2.75, 3.05) is 12.0 Å². The molecule has 0 aliphatic carbocycles. The van der Waals surface area contributed by atoms with Gasteiger partial charge in [-0.1, -0.05) is 30.3 Å². The normalized spacial score (nSPS) is 10.6. The van der Waals surface area contributed by atoms with E-state index in [-0.39, 0.29) is 13.1 Å². The fourth-order valence-corrected chi connectivity index (χ4v) is 4.36. The molecule has 0 aromatic heterocycles. The van der Waals surface area contributed by atoms with Crippen LogP contribution in [0.15, 0.2) is 84.9 Å². The van der Waals surface area contributed by atoms with E-state index in [1.807, 2.05) is 72.5 Å². The smallest absolute Gasteiger partial charge is 0.338 e. The molecule has 0 radical (unpaired) electrons. The summed E-state index contributed by atoms with van der Waals surface area (Å²) in [5.41, 5.74) is 6.29. The summed E-state index contributed by atoms with van der Waals surface area (Å²) in [6.45, 7) is 10.0. The summed E-state index contributed by atoms with van der Waals surface area (Å²) in [5, 5.41) is 0. The second-order valence-corrected chi connectivity index (χ2v) is 8.80. The van der Waals surface area contributed by atoms with Gasteiger partial charge in [0.05, 0.1) is 12.7 Å². The number of halogens is 2. The van der Waals surface area contributed by atoms with Gasteiger partial charge in [0.2, 0.25) is 6.54 Å². The van der Waals surface area contributed by atoms with E-state index in [1.165, 1.54) is 19.2 Å². The van der Waals surface area contributed by atoms with Crippen LogP contribution in [0.1, 0.15) is 32.6 Å². The molecule has 0 spiro atoms. The van der Waals surface area contributed by atoms with Crippen LogP contribution < -0.4 is 4.90 Å². The lowest BCUT2D eigenvalue weighted by Crippen LogP contribution is -2.22. The van der Waals surface area contributed by atoms with Gasteiger partial charge in [0.15, 0.2) is 0 Å². The first-order valence-electron chi connectivity index (χ1n) is 11.8. The number of ether oxygens (including phenoxy) is 1. The van der Waals surface area contributed by atoms with Gasteiger partial charge in [0.25, 0.3) is 0 Å². The average Bonchev–Trinajstić information content (AvgIpc) is 2.88. The highest BCUT2D eigenvalue weighted by Crippen LogP contribution is 2.30. The van der Waals surface area contributed by atoms with Crippen LogP contribution in [0.2, 0.25) is 0 Å². The van der Waals surface area contributed by atoms with E-state index in [2.05, 4.69) is 4.85 Å². The first kappa shape index (κ1) is 25.6. The van der Waals surface area contributed by atoms with Crippen molar-refractivity contribution in [2.45, 2.75) is 26.6 Å². The number of carbonyl (C=O) groups is 1. The maximum Gasteiger partial charge on any atom is 0.338 e. The van der Waals surface area contributed by atoms with Crippen LogP contribution in [0, 0.1) is 25.1 Å². The Bertz CT molecular complexity index is 1440. The van der Waals surface area contributed by atoms with Crippen LogP contribution in [0.5, 0.6) is 0 Å². The third kappa shape index (κ3) is 6.20. The van der Waals surface area contributed by atoms with Crippen molar-refractivity contribution in [2.24, 2.45) is 0 Å². The standard InChI is InChI=1S/C31H26F2N2O2/c1-21-6-4-5-7-28(21)30-16-23(10-13-29(30)31(36)37-3)19-35(20-24-14-25(32)17-26(33)15-24)27-11-8-22(9-12-27)18-34-2/h4-17H,18-20H2,1,3H3. The monoisotopic (exact) mass is 496 g/mol. The van der Waals surface area contributed by atoms with Gasteiger partial charge in [-0.2, -0.15) is 0 Å². The third-order valence-electron chi connectivity index (χ3n) is 6.16. The van der Waals surface area contributed by atoms with Crippen molar-refractivity contribution in [3.05, 3.63) is 136 Å². The Kier molecular flexibility index (Phi) is 7.95. The van der Waals surface area contributed by atoms with Crippen LogP contribution in [-0.4, -0.2) is 13.1 Å². The molecular weight excluding hydrogens is 470 g/mol. The van der Waals surface area contributed by atoms with Gasteiger partial charge in [0.1, 0.15) is 11.6 Å². The number of methoxy groups -OCH3 is 1. The summed E-state index contributed by atoms with van der Waals surface area (Å²) < 4.78 is 32.9. The molecule has 6 heteroatoms. The number of nitrogens with zero attached hydrogens (tertiary/aromatic N) is 2. The van der Waals surface area contributed by atoms with Gasteiger partial charge in [0, 0.05) is 30.4 Å². The highest BCUT2D eigenvalue weighted by Gasteiger charge is 2.17. The van der Waals surface area contributed by atoms with Crippen LogP contribution in [0.25, 0.3) is 16.0 Å². The summed E-state index contributed by atoms with van der Waals surface area (Å²) in [4.78, 5) is 18.0. The lowest BCUT2D eigenvalue weighted by atomic mass is 9.94. The van der Waals surface area contributed by atoms with E-state index in [0.717, 1.165) is 39.6 Å². The quantitative estimate of drug-likeness (QED) is 0.189. The van der Waals surface area contributed by atoms with Crippen molar-refractivity contribution in [1.82, 2.24) is 0 Å². The lowest BCUT2D eigenvalue weighted by Gasteiger charge is -2.26. The number of esters is 1. The van der Waals surface area contributed by atoms with E-state index in [1.54, 1.807) is 6.07 Å². The highest BCUT2D eigenvalue weighted by molar-refractivity contribution is 5.97. The number of rotatable bonds is 8. The van der Waals surface area contributed by atoms with Gasteiger partial charge < -0.3 is 14.5 Å². The van der Waals surface area contributed by atoms with Crippen molar-refractivity contribution in [1.29, 1.82) is 0 Å². The predicted molar refractivity (Wildman–Crippen MR) is 141 cm³/mol. The van der Waals surface area contributed by atoms with Gasteiger partial charge in [-0.25, -0.2) is 20.1 Å². The molecule has 0 bridgehead atoms. The molecule has 4 aromatic rings. The molecule has 0 atom stereocenters. The fraction of sp³-hybridized carbons (Fsp3) is 0.161. The molecule has 0 saturated heterocycles. The molecule has 0 N–H and O–H groups in total. The lowest BCUT2D eigenvalue weighted by molar-refractivity contribution is 0.0601. The van der Waals surface area contributed by atoms with Crippen molar-refractivity contribution in [3.8, 4) is 11.1 Å². The van der Waals surface area contributed by atoms with E-state index in [4.69, 9.17) is 11.3 Å². The molecular formula is C31H26F2N2O2. The first-order chi connectivity index (χ1) is 17.9. The van der Waals surface area contributed by atoms with Crippen LogP contribution >= 0.6 is 0 Å². The Morgan fingerprint density at radius 3 is 2.14 bits per heavy atom. The van der Waals surface area contributed by atoms with Crippen molar-refractivity contribution in [3.63, 3.8) is 0 Å². The maximum atomic E-state index is 13.9. The Balaban J connectivity index is 1.75. The third-order valence-corrected chi connectivity index (χ3v) is 6.16. The Morgan fingerprint density at radius 2 is 1.49 bits per heavy atom. The van der Waals surface area contributed by atoms with Crippen LogP contribution in [0.4, 0.5) is 14.5 Å². The SMILES string of the molecule is [C-]#[N+]Cc1ccc(N(Cc2cc(F)cc(F)c2)Cc2ccc(C(=O)OC)c(-c3ccccc3C)c2)cc1. The van der Waals surface area contributed by atoms with E-state index in [0.29, 0.717) is 17.7 Å². The zero-order valence-corrected chi connectivity index (χ0v) is 20.7. The predicted octanol–water partition coefficient (Wildman–Crippen LogP) is 7.35. The molecule has 0 amide bonds. The van der Waals surface area contributed by atoms with Gasteiger partial charge in [-0.3, -0.25) is 0 Å². The van der Waals surface area contributed by atoms with Gasteiger partial charge in [-0.05, 0) is 83.3 Å². The zero-order chi connectivity index (χ0) is 26.4. The molecule has 0 aliphatic heterocycles. The average molecular weight is 497 g/mol. The second kappa shape index (κ2) is 11.5. The van der Waals surface area contributed by atoms with E-state index < -0.39 is 17.6 Å². The topological polar surface area (TPSA) is 33.9 Å². The number of hydrogen-bond donors (Lipinski definition) is 0. The summed E-state index contributed by atoms with van der Waals surface area (Å²) >= 11 is 0. The molecule has 0 aliphatic rings. The fourth-order valence-electron chi connectivity index (χ4n) is 4.36. The highest BCUT2D eigenvalue weighted by atomic mass is 19.1. The molecule has 186 valence electrons. The summed E-state index contributed by atoms with van der Waals surface area (Å²) in [6, 6.07) is 24.5. The Morgan fingerprint density at radius 1 is 0.838 bits per heavy atom. The number of hydrogen-bond acceptors (Lipinski definition) is 3. The van der Waals surface area contributed by atoms with E-state index in [9.17, 15) is 13.6 Å². The molecule has 4 rings (SSSR count). The minimum absolute atomic E-state index is 0.259. The largest absolute Gasteiger partial charge is 0.465 e. The van der Waals surface area contributed by atoms with Gasteiger partial charge >= 0.3 is 5.97 Å². The molecule has 0 heterocycles. The van der Waals surface area contributed by atoms with Crippen LogP contribution in [-0.2, 0) is 24.4 Å². The molecule has 37 heavy (non-hydrogen) atoms. The zero-order valence-electron chi connectivity index (χ0n) is 20.7. The number of carbonyl (C=O) groups excluding carboxylic acids is 1. The number of benzene rings is 4. The van der Waals surface area contributed by atoms with E-state index >= 15 is 0 Å². The molecule has 4 aromatic carbocycles. The molecule has 0 saturated carbocycles. The number of anilines is 1. The van der Waals surface area contributed by atoms with Crippen molar-refractivity contribution >= 4 is 11.7 Å². The first-order valence-corrected chi connectivity index (χ1v) is 11.8. The molecule has 0 fully saturated rings. The van der Waals surface area contributed by atoms with Crippen molar-refractivity contribution < 1.29 is 18.3 Å². The molecule has 4 nitrogen and oxygen atoms in total.